The van der Waals surface area contributed by atoms with E-state index in [1.807, 2.05) is 24.3 Å². The van der Waals surface area contributed by atoms with Crippen molar-refractivity contribution < 1.29 is 19.0 Å². The fraction of sp³-hybridized carbons (Fsp3) is 0.619. The Labute approximate surface area is 175 Å². The number of carbonyl (C=O) groups is 1. The van der Waals surface area contributed by atoms with Gasteiger partial charge in [0.25, 0.3) is 0 Å². The number of ether oxygens (including phenoxy) is 3. The highest BCUT2D eigenvalue weighted by molar-refractivity contribution is 5.79. The lowest BCUT2D eigenvalue weighted by molar-refractivity contribution is -0.127. The van der Waals surface area contributed by atoms with Gasteiger partial charge in [-0.3, -0.25) is 4.79 Å². The molecule has 2 saturated heterocycles. The molecular formula is C21H27N5O4. The van der Waals surface area contributed by atoms with E-state index in [1.54, 1.807) is 11.8 Å². The van der Waals surface area contributed by atoms with Crippen molar-refractivity contribution in [3.05, 3.63) is 24.3 Å². The summed E-state index contributed by atoms with van der Waals surface area (Å²) in [7, 11) is 1.63. The summed E-state index contributed by atoms with van der Waals surface area (Å²) in [5, 5.41) is 15.5. The van der Waals surface area contributed by atoms with Crippen LogP contribution in [-0.2, 0) is 14.3 Å². The highest BCUT2D eigenvalue weighted by Crippen LogP contribution is 2.36. The first-order valence-electron chi connectivity index (χ1n) is 10.7. The smallest absolute Gasteiger partial charge is 0.223 e. The number of aromatic nitrogens is 4. The molecule has 0 radical (unpaired) electrons. The summed E-state index contributed by atoms with van der Waals surface area (Å²) in [6, 6.07) is 7.35. The van der Waals surface area contributed by atoms with Crippen molar-refractivity contribution in [1.29, 1.82) is 0 Å². The first kappa shape index (κ1) is 19.4. The molecule has 0 spiro atoms. The highest BCUT2D eigenvalue weighted by Gasteiger charge is 2.50. The normalized spacial score (nSPS) is 29.0. The Kier molecular flexibility index (Phi) is 5.39. The third kappa shape index (κ3) is 3.56. The number of tetrazole rings is 1. The number of nitrogens with one attached hydrogen (secondary N) is 1. The molecule has 1 amide bonds. The Hall–Kier alpha value is -2.52. The maximum atomic E-state index is 12.7. The van der Waals surface area contributed by atoms with Crippen LogP contribution in [-0.4, -0.2) is 64.7 Å². The van der Waals surface area contributed by atoms with Crippen LogP contribution in [0.15, 0.2) is 24.3 Å². The summed E-state index contributed by atoms with van der Waals surface area (Å²) in [6.07, 6.45) is 5.07. The van der Waals surface area contributed by atoms with Crippen molar-refractivity contribution in [3.8, 4) is 17.1 Å². The van der Waals surface area contributed by atoms with Gasteiger partial charge in [0.15, 0.2) is 5.82 Å². The average Bonchev–Trinajstić information content (AvgIpc) is 3.52. The lowest BCUT2D eigenvalue weighted by atomic mass is 9.88. The van der Waals surface area contributed by atoms with Crippen LogP contribution in [0.2, 0.25) is 0 Å². The molecule has 3 heterocycles. The van der Waals surface area contributed by atoms with Gasteiger partial charge < -0.3 is 19.5 Å². The van der Waals surface area contributed by atoms with E-state index in [0.29, 0.717) is 19.0 Å². The van der Waals surface area contributed by atoms with E-state index in [2.05, 4.69) is 20.8 Å². The van der Waals surface area contributed by atoms with Crippen molar-refractivity contribution >= 4 is 5.91 Å². The maximum absolute atomic E-state index is 12.7. The first-order valence-corrected chi connectivity index (χ1v) is 10.7. The summed E-state index contributed by atoms with van der Waals surface area (Å²) in [4.78, 5) is 12.7. The molecule has 3 fully saturated rings. The van der Waals surface area contributed by atoms with Gasteiger partial charge in [0.2, 0.25) is 5.91 Å². The van der Waals surface area contributed by atoms with Crippen LogP contribution in [0.1, 0.15) is 38.1 Å². The Bertz CT molecular complexity index is 897. The molecule has 2 aliphatic heterocycles. The Morgan fingerprint density at radius 2 is 2.00 bits per heavy atom. The van der Waals surface area contributed by atoms with Gasteiger partial charge >= 0.3 is 0 Å². The van der Waals surface area contributed by atoms with Crippen LogP contribution >= 0.6 is 0 Å². The summed E-state index contributed by atoms with van der Waals surface area (Å²) < 4.78 is 19.2. The molecule has 1 aromatic heterocycles. The molecule has 5 rings (SSSR count). The average molecular weight is 413 g/mol. The van der Waals surface area contributed by atoms with E-state index in [1.165, 1.54) is 6.42 Å². The molecule has 160 valence electrons. The van der Waals surface area contributed by atoms with E-state index < -0.39 is 0 Å². The fourth-order valence-corrected chi connectivity index (χ4v) is 4.85. The first-order chi connectivity index (χ1) is 14.7. The molecule has 3 aliphatic rings. The molecule has 4 atom stereocenters. The van der Waals surface area contributed by atoms with Crippen LogP contribution in [0.3, 0.4) is 0 Å². The summed E-state index contributed by atoms with van der Waals surface area (Å²) in [5.74, 6) is 1.64. The lowest BCUT2D eigenvalue weighted by Crippen LogP contribution is -2.46. The number of benzene rings is 1. The molecule has 9 heteroatoms. The molecule has 0 unspecified atom stereocenters. The molecule has 9 nitrogen and oxygen atoms in total. The van der Waals surface area contributed by atoms with Gasteiger partial charge in [0, 0.05) is 11.5 Å². The van der Waals surface area contributed by atoms with E-state index in [0.717, 1.165) is 37.0 Å². The molecule has 30 heavy (non-hydrogen) atoms. The second kappa shape index (κ2) is 8.31. The molecule has 1 N–H and O–H groups in total. The van der Waals surface area contributed by atoms with Gasteiger partial charge in [-0.2, -0.15) is 0 Å². The van der Waals surface area contributed by atoms with Crippen molar-refractivity contribution in [1.82, 2.24) is 25.5 Å². The number of hydrogen-bond donors (Lipinski definition) is 1. The number of rotatable bonds is 5. The predicted molar refractivity (Wildman–Crippen MR) is 107 cm³/mol. The Balaban J connectivity index is 1.30. The monoisotopic (exact) mass is 413 g/mol. The number of hydrogen-bond acceptors (Lipinski definition) is 7. The highest BCUT2D eigenvalue weighted by atomic mass is 16.6. The van der Waals surface area contributed by atoms with Crippen molar-refractivity contribution in [2.75, 3.05) is 20.3 Å². The van der Waals surface area contributed by atoms with Crippen LogP contribution in [0.25, 0.3) is 11.4 Å². The quantitative estimate of drug-likeness (QED) is 0.797. The summed E-state index contributed by atoms with van der Waals surface area (Å²) in [6.45, 7) is 0.883. The van der Waals surface area contributed by atoms with E-state index in [4.69, 9.17) is 14.2 Å². The number of nitrogens with zero attached hydrogens (tertiary/aromatic N) is 4. The second-order valence-electron chi connectivity index (χ2n) is 8.29. The topological polar surface area (TPSA) is 100 Å². The lowest BCUT2D eigenvalue weighted by Gasteiger charge is -2.24. The molecular weight excluding hydrogens is 386 g/mol. The van der Waals surface area contributed by atoms with Crippen molar-refractivity contribution in [2.24, 2.45) is 5.92 Å². The summed E-state index contributed by atoms with van der Waals surface area (Å²) in [5.41, 5.74) is 0.864. The maximum Gasteiger partial charge on any atom is 0.223 e. The third-order valence-corrected chi connectivity index (χ3v) is 6.47. The number of fused-ring (bicyclic) bond motifs is 1. The van der Waals surface area contributed by atoms with Crippen LogP contribution in [0, 0.1) is 5.92 Å². The van der Waals surface area contributed by atoms with Crippen LogP contribution < -0.4 is 10.1 Å². The van der Waals surface area contributed by atoms with Crippen LogP contribution in [0.5, 0.6) is 5.75 Å². The zero-order chi connectivity index (χ0) is 20.5. The van der Waals surface area contributed by atoms with Gasteiger partial charge in [-0.1, -0.05) is 31.4 Å². The second-order valence-corrected chi connectivity index (χ2v) is 8.29. The van der Waals surface area contributed by atoms with Gasteiger partial charge in [0.1, 0.15) is 24.0 Å². The minimum atomic E-state index is -0.200. The van der Waals surface area contributed by atoms with Crippen molar-refractivity contribution in [3.63, 3.8) is 0 Å². The molecule has 1 saturated carbocycles. The standard InChI is InChI=1S/C21H27N5O4/c1-28-15-9-5-8-14(10-15)20-23-24-25-26(20)17-12-30-18-16(11-29-19(17)18)22-21(27)13-6-3-2-4-7-13/h5,8-10,13,16-19H,2-4,6-7,11-12H2,1H3,(H,22,27)/t16-,17-,18+,19+/m0/s1. The van der Waals surface area contributed by atoms with Gasteiger partial charge in [-0.15, -0.1) is 5.10 Å². The molecule has 2 aromatic rings. The Morgan fingerprint density at radius 3 is 2.83 bits per heavy atom. The predicted octanol–water partition coefficient (Wildman–Crippen LogP) is 1.75. The van der Waals surface area contributed by atoms with E-state index in [9.17, 15) is 4.79 Å². The van der Waals surface area contributed by atoms with E-state index >= 15 is 0 Å². The zero-order valence-electron chi connectivity index (χ0n) is 17.1. The third-order valence-electron chi connectivity index (χ3n) is 6.47. The van der Waals surface area contributed by atoms with Gasteiger partial charge in [-0.25, -0.2) is 4.68 Å². The number of methoxy groups -OCH3 is 1. The largest absolute Gasteiger partial charge is 0.497 e. The van der Waals surface area contributed by atoms with E-state index in [-0.39, 0.29) is 36.1 Å². The minimum absolute atomic E-state index is 0.120. The van der Waals surface area contributed by atoms with Crippen molar-refractivity contribution in [2.45, 2.75) is 56.4 Å². The summed E-state index contributed by atoms with van der Waals surface area (Å²) >= 11 is 0. The zero-order valence-corrected chi connectivity index (χ0v) is 17.1. The SMILES string of the molecule is COc1cccc(-c2nnnn2[C@H]2CO[C@H]3[C@@H]2OC[C@@H]3NC(=O)C2CCCCC2)c1. The fourth-order valence-electron chi connectivity index (χ4n) is 4.85. The molecule has 0 bridgehead atoms. The number of amides is 1. The Morgan fingerprint density at radius 1 is 1.17 bits per heavy atom. The van der Waals surface area contributed by atoms with Crippen LogP contribution in [0.4, 0.5) is 0 Å². The number of carbonyl (C=O) groups excluding carboxylic acids is 1. The molecule has 1 aliphatic carbocycles. The molecule has 1 aromatic carbocycles. The minimum Gasteiger partial charge on any atom is -0.497 e. The van der Waals surface area contributed by atoms with Gasteiger partial charge in [0.05, 0.1) is 26.4 Å². The van der Waals surface area contributed by atoms with Gasteiger partial charge in [-0.05, 0) is 35.4 Å².